The molecule has 1 saturated heterocycles. The maximum absolute atomic E-state index is 12.6. The molecule has 1 heterocycles. The van der Waals surface area contributed by atoms with Crippen molar-refractivity contribution in [2.24, 2.45) is 5.92 Å². The molecule has 0 aromatic heterocycles. The van der Waals surface area contributed by atoms with E-state index in [4.69, 9.17) is 0 Å². The molecule has 0 amide bonds. The van der Waals surface area contributed by atoms with Gasteiger partial charge in [0.15, 0.2) is 19.7 Å². The highest BCUT2D eigenvalue weighted by Gasteiger charge is 2.38. The number of sulfone groups is 2. The Morgan fingerprint density at radius 1 is 1.16 bits per heavy atom. The van der Waals surface area contributed by atoms with Gasteiger partial charge in [0.25, 0.3) is 0 Å². The topological polar surface area (TPSA) is 114 Å². The first-order chi connectivity index (χ1) is 11.4. The molecule has 7 nitrogen and oxygen atoms in total. The Labute approximate surface area is 149 Å². The molecule has 0 radical (unpaired) electrons. The standard InChI is InChI=1S/C15H23NO6S3/c1-12(2)6-8-16-25(21,22)14-5-3-4-13(10-14)24(19,20)15-7-9-23(17,18)11-15/h3-5,10,12,15-16H,6-9,11H2,1-2H3. The van der Waals surface area contributed by atoms with E-state index in [0.717, 1.165) is 6.07 Å². The zero-order valence-corrected chi connectivity index (χ0v) is 16.6. The molecule has 1 atom stereocenters. The van der Waals surface area contributed by atoms with Crippen LogP contribution in [-0.4, -0.2) is 48.6 Å². The average molecular weight is 410 g/mol. The lowest BCUT2D eigenvalue weighted by Crippen LogP contribution is -2.26. The molecule has 10 heteroatoms. The Kier molecular flexibility index (Phi) is 5.97. The minimum atomic E-state index is -3.90. The zero-order chi connectivity index (χ0) is 18.9. The Bertz CT molecular complexity index is 933. The van der Waals surface area contributed by atoms with Gasteiger partial charge >= 0.3 is 0 Å². The molecule has 1 unspecified atom stereocenters. The van der Waals surface area contributed by atoms with E-state index in [1.54, 1.807) is 0 Å². The predicted molar refractivity (Wildman–Crippen MR) is 95.3 cm³/mol. The average Bonchev–Trinajstić information content (AvgIpc) is 2.88. The van der Waals surface area contributed by atoms with Crippen LogP contribution in [0.2, 0.25) is 0 Å². The summed E-state index contributed by atoms with van der Waals surface area (Å²) in [5.41, 5.74) is 0. The number of sulfonamides is 1. The van der Waals surface area contributed by atoms with Crippen LogP contribution in [0.5, 0.6) is 0 Å². The first kappa shape index (κ1) is 20.3. The second-order valence-corrected chi connectivity index (χ2v) is 12.8. The summed E-state index contributed by atoms with van der Waals surface area (Å²) in [6, 6.07) is 5.07. The highest BCUT2D eigenvalue weighted by atomic mass is 32.2. The monoisotopic (exact) mass is 409 g/mol. The predicted octanol–water partition coefficient (Wildman–Crippen LogP) is 0.972. The van der Waals surface area contributed by atoms with Crippen molar-refractivity contribution in [3.8, 4) is 0 Å². The molecule has 0 aliphatic carbocycles. The molecule has 1 fully saturated rings. The van der Waals surface area contributed by atoms with Crippen LogP contribution in [0.15, 0.2) is 34.1 Å². The summed E-state index contributed by atoms with van der Waals surface area (Å²) in [5, 5.41) is -1.02. The highest BCUT2D eigenvalue weighted by molar-refractivity contribution is 7.96. The normalized spacial score (nSPS) is 20.8. The fourth-order valence-corrected chi connectivity index (χ4v) is 8.15. The van der Waals surface area contributed by atoms with Crippen LogP contribution in [0.4, 0.5) is 0 Å². The summed E-state index contributed by atoms with van der Waals surface area (Å²) in [4.78, 5) is -0.306. The van der Waals surface area contributed by atoms with E-state index < -0.39 is 40.7 Å². The van der Waals surface area contributed by atoms with Gasteiger partial charge in [-0.15, -0.1) is 0 Å². The Morgan fingerprint density at radius 3 is 2.36 bits per heavy atom. The van der Waals surface area contributed by atoms with Gasteiger partial charge in [-0.1, -0.05) is 19.9 Å². The van der Waals surface area contributed by atoms with Crippen LogP contribution in [-0.2, 0) is 29.7 Å². The minimum Gasteiger partial charge on any atom is -0.229 e. The summed E-state index contributed by atoms with van der Waals surface area (Å²) in [6.07, 6.45) is 0.700. The summed E-state index contributed by atoms with van der Waals surface area (Å²) < 4.78 is 75.4. The van der Waals surface area contributed by atoms with Gasteiger partial charge in [-0.05, 0) is 37.0 Å². The Morgan fingerprint density at radius 2 is 1.80 bits per heavy atom. The molecule has 1 aliphatic rings. The van der Waals surface area contributed by atoms with Gasteiger partial charge in [0.05, 0.1) is 26.5 Å². The smallest absolute Gasteiger partial charge is 0.229 e. The Hall–Kier alpha value is -0.970. The largest absolute Gasteiger partial charge is 0.240 e. The maximum atomic E-state index is 12.6. The lowest BCUT2D eigenvalue weighted by Gasteiger charge is -2.12. The number of benzene rings is 1. The summed E-state index contributed by atoms with van der Waals surface area (Å²) in [7, 11) is -11.1. The summed E-state index contributed by atoms with van der Waals surface area (Å²) in [5.74, 6) is -0.247. The van der Waals surface area contributed by atoms with Gasteiger partial charge in [0.1, 0.15) is 0 Å². The van der Waals surface area contributed by atoms with Crippen LogP contribution in [0.3, 0.4) is 0 Å². The fraction of sp³-hybridized carbons (Fsp3) is 0.600. The van der Waals surface area contributed by atoms with Crippen LogP contribution < -0.4 is 4.72 Å². The molecular weight excluding hydrogens is 386 g/mol. The molecule has 2 rings (SSSR count). The van der Waals surface area contributed by atoms with E-state index in [9.17, 15) is 25.3 Å². The molecule has 0 saturated carbocycles. The van der Waals surface area contributed by atoms with E-state index in [1.165, 1.54) is 18.2 Å². The minimum absolute atomic E-state index is 0.0360. The van der Waals surface area contributed by atoms with Gasteiger partial charge < -0.3 is 0 Å². The molecule has 142 valence electrons. The van der Waals surface area contributed by atoms with E-state index in [0.29, 0.717) is 12.3 Å². The lowest BCUT2D eigenvalue weighted by atomic mass is 10.1. The van der Waals surface area contributed by atoms with Crippen LogP contribution in [0, 0.1) is 5.92 Å². The molecule has 0 bridgehead atoms. The number of hydrogen-bond donors (Lipinski definition) is 1. The van der Waals surface area contributed by atoms with Crippen molar-refractivity contribution in [1.82, 2.24) is 4.72 Å². The van der Waals surface area contributed by atoms with Gasteiger partial charge in [0.2, 0.25) is 10.0 Å². The van der Waals surface area contributed by atoms with Crippen LogP contribution >= 0.6 is 0 Å². The lowest BCUT2D eigenvalue weighted by molar-refractivity contribution is 0.551. The third-order valence-electron chi connectivity index (χ3n) is 4.09. The molecule has 1 aliphatic heterocycles. The van der Waals surface area contributed by atoms with E-state index in [1.807, 2.05) is 13.8 Å². The van der Waals surface area contributed by atoms with Crippen molar-refractivity contribution in [2.75, 3.05) is 18.1 Å². The summed E-state index contributed by atoms with van der Waals surface area (Å²) >= 11 is 0. The van der Waals surface area contributed by atoms with Crippen molar-refractivity contribution in [3.63, 3.8) is 0 Å². The highest BCUT2D eigenvalue weighted by Crippen LogP contribution is 2.26. The van der Waals surface area contributed by atoms with Crippen molar-refractivity contribution < 1.29 is 25.3 Å². The maximum Gasteiger partial charge on any atom is 0.240 e. The molecular formula is C15H23NO6S3. The van der Waals surface area contributed by atoms with E-state index >= 15 is 0 Å². The van der Waals surface area contributed by atoms with Crippen molar-refractivity contribution in [1.29, 1.82) is 0 Å². The number of nitrogens with one attached hydrogen (secondary N) is 1. The molecule has 0 spiro atoms. The second-order valence-electron chi connectivity index (χ2n) is 6.63. The second kappa shape index (κ2) is 7.34. The van der Waals surface area contributed by atoms with Crippen LogP contribution in [0.25, 0.3) is 0 Å². The van der Waals surface area contributed by atoms with Crippen LogP contribution in [0.1, 0.15) is 26.7 Å². The molecule has 25 heavy (non-hydrogen) atoms. The quantitative estimate of drug-likeness (QED) is 0.718. The zero-order valence-electron chi connectivity index (χ0n) is 14.2. The first-order valence-corrected chi connectivity index (χ1v) is 12.8. The Balaban J connectivity index is 2.26. The molecule has 1 aromatic carbocycles. The van der Waals surface area contributed by atoms with E-state index in [-0.39, 0.29) is 28.5 Å². The van der Waals surface area contributed by atoms with Gasteiger partial charge in [-0.3, -0.25) is 0 Å². The third-order valence-corrected chi connectivity index (χ3v) is 9.72. The van der Waals surface area contributed by atoms with Gasteiger partial charge in [0, 0.05) is 6.54 Å². The van der Waals surface area contributed by atoms with Crippen molar-refractivity contribution in [3.05, 3.63) is 24.3 Å². The van der Waals surface area contributed by atoms with Crippen molar-refractivity contribution >= 4 is 29.7 Å². The number of rotatable bonds is 7. The number of hydrogen-bond acceptors (Lipinski definition) is 6. The van der Waals surface area contributed by atoms with Crippen molar-refractivity contribution in [2.45, 2.75) is 41.7 Å². The first-order valence-electron chi connectivity index (χ1n) is 7.98. The molecule has 1 N–H and O–H groups in total. The molecule has 1 aromatic rings. The fourth-order valence-electron chi connectivity index (χ4n) is 2.58. The van der Waals surface area contributed by atoms with Gasteiger partial charge in [-0.2, -0.15) is 0 Å². The SMILES string of the molecule is CC(C)CCNS(=O)(=O)c1cccc(S(=O)(=O)C2CCS(=O)(=O)C2)c1. The summed E-state index contributed by atoms with van der Waals surface area (Å²) in [6.45, 7) is 4.20. The van der Waals surface area contributed by atoms with Gasteiger partial charge in [-0.25, -0.2) is 30.0 Å². The van der Waals surface area contributed by atoms with E-state index in [2.05, 4.69) is 4.72 Å². The third kappa shape index (κ3) is 5.02.